The number of ketones is 1. The van der Waals surface area contributed by atoms with E-state index in [4.69, 9.17) is 62.7 Å². The summed E-state index contributed by atoms with van der Waals surface area (Å²) in [5.41, 5.74) is 0.0695. The molecule has 3 amide bonds. The number of nitrogens with zero attached hydrogens (tertiary/aromatic N) is 1. The average molecular weight is 657 g/mol. The van der Waals surface area contributed by atoms with Gasteiger partial charge < -0.3 is 10.1 Å². The van der Waals surface area contributed by atoms with Gasteiger partial charge in [-0.1, -0.05) is 102 Å². The van der Waals surface area contributed by atoms with Gasteiger partial charge in [0, 0.05) is 16.1 Å². The summed E-state index contributed by atoms with van der Waals surface area (Å²) >= 11 is 30.6. The van der Waals surface area contributed by atoms with E-state index in [1.165, 1.54) is 18.2 Å². The van der Waals surface area contributed by atoms with Crippen molar-refractivity contribution in [2.45, 2.75) is 19.9 Å². The Morgan fingerprint density at radius 2 is 1.39 bits per heavy atom. The van der Waals surface area contributed by atoms with Crippen LogP contribution in [-0.4, -0.2) is 47.0 Å². The number of carbonyl (C=O) groups is 5. The van der Waals surface area contributed by atoms with E-state index in [0.29, 0.717) is 10.5 Å². The second-order valence-corrected chi connectivity index (χ2v) is 11.2. The van der Waals surface area contributed by atoms with Gasteiger partial charge in [0.05, 0.1) is 36.9 Å². The topological polar surface area (TPSA) is 110 Å². The fourth-order valence-corrected chi connectivity index (χ4v) is 5.45. The lowest BCUT2D eigenvalue weighted by atomic mass is 10.0. The van der Waals surface area contributed by atoms with Crippen molar-refractivity contribution in [2.24, 2.45) is 5.92 Å². The molecule has 1 unspecified atom stereocenters. The predicted molar refractivity (Wildman–Crippen MR) is 157 cm³/mol. The zero-order valence-electron chi connectivity index (χ0n) is 21.3. The Kier molecular flexibility index (Phi) is 9.31. The van der Waals surface area contributed by atoms with Crippen LogP contribution in [0.2, 0.25) is 25.1 Å². The maximum absolute atomic E-state index is 13.2. The Morgan fingerprint density at radius 3 is 1.93 bits per heavy atom. The molecule has 0 saturated heterocycles. The van der Waals surface area contributed by atoms with Gasteiger partial charge in [-0.2, -0.15) is 0 Å². The highest BCUT2D eigenvalue weighted by Gasteiger charge is 2.48. The van der Waals surface area contributed by atoms with Crippen molar-refractivity contribution < 1.29 is 28.7 Å². The van der Waals surface area contributed by atoms with Crippen LogP contribution in [0.25, 0.3) is 0 Å². The summed E-state index contributed by atoms with van der Waals surface area (Å²) in [6.45, 7) is 2.37. The van der Waals surface area contributed by atoms with Crippen molar-refractivity contribution >= 4 is 93.2 Å². The van der Waals surface area contributed by atoms with Gasteiger partial charge in [-0.05, 0) is 24.1 Å². The number of hydrogen-bond acceptors (Lipinski definition) is 6. The number of anilines is 1. The van der Waals surface area contributed by atoms with Crippen molar-refractivity contribution in [3.05, 3.63) is 95.9 Å². The van der Waals surface area contributed by atoms with Gasteiger partial charge in [0.15, 0.2) is 12.4 Å². The summed E-state index contributed by atoms with van der Waals surface area (Å²) in [5.74, 6) is -4.67. The highest BCUT2D eigenvalue weighted by atomic mass is 35.5. The fourth-order valence-electron chi connectivity index (χ4n) is 4.26. The van der Waals surface area contributed by atoms with Crippen LogP contribution in [0.1, 0.15) is 50.5 Å². The highest BCUT2D eigenvalue weighted by Crippen LogP contribution is 2.45. The molecule has 0 saturated carbocycles. The number of benzene rings is 3. The number of esters is 1. The molecule has 1 N–H and O–H groups in total. The number of amides is 3. The lowest BCUT2D eigenvalue weighted by Gasteiger charge is -2.27. The third-order valence-electron chi connectivity index (χ3n) is 6.17. The van der Waals surface area contributed by atoms with Crippen LogP contribution in [0.15, 0.2) is 48.5 Å². The molecule has 3 aromatic carbocycles. The molecular weight excluding hydrogens is 638 g/mol. The van der Waals surface area contributed by atoms with E-state index in [-0.39, 0.29) is 53.3 Å². The second kappa shape index (κ2) is 12.4. The Hall–Kier alpha value is -3.14. The largest absolute Gasteiger partial charge is 0.454 e. The third kappa shape index (κ3) is 5.94. The zero-order valence-corrected chi connectivity index (χ0v) is 25.0. The van der Waals surface area contributed by atoms with E-state index in [2.05, 4.69) is 5.32 Å². The molecule has 1 aliphatic rings. The summed E-state index contributed by atoms with van der Waals surface area (Å²) in [4.78, 5) is 66.1. The van der Waals surface area contributed by atoms with E-state index in [0.717, 1.165) is 0 Å². The van der Waals surface area contributed by atoms with E-state index in [9.17, 15) is 24.0 Å². The molecule has 1 atom stereocenters. The standard InChI is InChI=1S/C28H19Cl5N2O6/c1-12(2)24(35-26(38)18-19(27(35)39)21(31)23(33)22(32)20(18)30)28(40)41-11-17(36)34-16-9-8-14(29)10-15(16)25(37)13-6-4-3-5-7-13/h3-10,12,24H,11H2,1-2H3,(H,34,36). The Labute approximate surface area is 259 Å². The molecule has 41 heavy (non-hydrogen) atoms. The van der Waals surface area contributed by atoms with Crippen LogP contribution >= 0.6 is 58.0 Å². The number of halogens is 5. The van der Waals surface area contributed by atoms with Crippen molar-refractivity contribution in [2.75, 3.05) is 11.9 Å². The summed E-state index contributed by atoms with van der Waals surface area (Å²) in [7, 11) is 0. The molecule has 4 rings (SSSR count). The van der Waals surface area contributed by atoms with E-state index in [1.54, 1.807) is 44.2 Å². The first kappa shape index (κ1) is 30.8. The minimum Gasteiger partial charge on any atom is -0.454 e. The quantitative estimate of drug-likeness (QED) is 0.0921. The smallest absolute Gasteiger partial charge is 0.330 e. The number of hydrogen-bond donors (Lipinski definition) is 1. The number of fused-ring (bicyclic) bond motifs is 1. The van der Waals surface area contributed by atoms with Crippen LogP contribution in [0.3, 0.4) is 0 Å². The number of nitrogens with one attached hydrogen (secondary N) is 1. The molecule has 212 valence electrons. The molecule has 0 bridgehead atoms. The normalized spacial score (nSPS) is 13.3. The molecule has 13 heteroatoms. The number of rotatable bonds is 8. The summed E-state index contributed by atoms with van der Waals surface area (Å²) in [6.07, 6.45) is 0. The molecule has 1 heterocycles. The molecule has 1 aliphatic heterocycles. The van der Waals surface area contributed by atoms with Crippen molar-refractivity contribution in [3.8, 4) is 0 Å². The van der Waals surface area contributed by atoms with Crippen LogP contribution in [0, 0.1) is 5.92 Å². The SMILES string of the molecule is CC(C)C(C(=O)OCC(=O)Nc1ccc(Cl)cc1C(=O)c1ccccc1)N1C(=O)c2c(Cl)c(Cl)c(Cl)c(Cl)c2C1=O. The van der Waals surface area contributed by atoms with Crippen LogP contribution in [0.5, 0.6) is 0 Å². The number of ether oxygens (including phenoxy) is 1. The molecule has 0 spiro atoms. The van der Waals surface area contributed by atoms with Gasteiger partial charge in [0.1, 0.15) is 6.04 Å². The summed E-state index contributed by atoms with van der Waals surface area (Å²) in [6, 6.07) is 11.3. The van der Waals surface area contributed by atoms with Crippen molar-refractivity contribution in [3.63, 3.8) is 0 Å². The predicted octanol–water partition coefficient (Wildman–Crippen LogP) is 6.99. The average Bonchev–Trinajstić information content (AvgIpc) is 3.20. The Morgan fingerprint density at radius 1 is 0.829 bits per heavy atom. The van der Waals surface area contributed by atoms with Crippen LogP contribution in [-0.2, 0) is 14.3 Å². The molecule has 0 radical (unpaired) electrons. The molecule has 3 aromatic rings. The van der Waals surface area contributed by atoms with Crippen LogP contribution < -0.4 is 5.32 Å². The lowest BCUT2D eigenvalue weighted by molar-refractivity contribution is -0.152. The maximum atomic E-state index is 13.2. The third-order valence-corrected chi connectivity index (χ3v) is 8.20. The molecular formula is C28H19Cl5N2O6. The first-order valence-corrected chi connectivity index (χ1v) is 13.8. The van der Waals surface area contributed by atoms with Gasteiger partial charge in [0.2, 0.25) is 0 Å². The fraction of sp³-hybridized carbons (Fsp3) is 0.179. The van der Waals surface area contributed by atoms with Gasteiger partial charge >= 0.3 is 5.97 Å². The van der Waals surface area contributed by atoms with Crippen molar-refractivity contribution in [1.29, 1.82) is 0 Å². The van der Waals surface area contributed by atoms with E-state index < -0.39 is 42.3 Å². The molecule has 0 fully saturated rings. The zero-order chi connectivity index (χ0) is 30.2. The Bertz CT molecular complexity index is 1560. The lowest BCUT2D eigenvalue weighted by Crippen LogP contribution is -2.49. The Balaban J connectivity index is 1.52. The number of carbonyl (C=O) groups excluding carboxylic acids is 5. The molecule has 8 nitrogen and oxygen atoms in total. The van der Waals surface area contributed by atoms with Gasteiger partial charge in [-0.3, -0.25) is 24.1 Å². The molecule has 0 aliphatic carbocycles. The van der Waals surface area contributed by atoms with Crippen LogP contribution in [0.4, 0.5) is 5.69 Å². The highest BCUT2D eigenvalue weighted by molar-refractivity contribution is 6.55. The first-order valence-electron chi connectivity index (χ1n) is 11.9. The first-order chi connectivity index (χ1) is 19.3. The minimum absolute atomic E-state index is 0.125. The maximum Gasteiger partial charge on any atom is 0.330 e. The van der Waals surface area contributed by atoms with E-state index in [1.807, 2.05) is 0 Å². The van der Waals surface area contributed by atoms with Gasteiger partial charge in [-0.15, -0.1) is 0 Å². The second-order valence-electron chi connectivity index (χ2n) is 9.22. The summed E-state index contributed by atoms with van der Waals surface area (Å²) < 4.78 is 5.20. The monoisotopic (exact) mass is 654 g/mol. The summed E-state index contributed by atoms with van der Waals surface area (Å²) in [5, 5.41) is 1.82. The van der Waals surface area contributed by atoms with Gasteiger partial charge in [-0.25, -0.2) is 4.79 Å². The minimum atomic E-state index is -1.44. The van der Waals surface area contributed by atoms with Gasteiger partial charge in [0.25, 0.3) is 17.7 Å². The number of imide groups is 1. The van der Waals surface area contributed by atoms with E-state index >= 15 is 0 Å². The molecule has 0 aromatic heterocycles. The van der Waals surface area contributed by atoms with Crippen molar-refractivity contribution in [1.82, 2.24) is 4.90 Å².